The van der Waals surface area contributed by atoms with E-state index in [1.165, 1.54) is 12.8 Å². The number of ether oxygens (including phenoxy) is 1. The highest BCUT2D eigenvalue weighted by atomic mass is 16.5. The molecule has 1 heterocycles. The fraction of sp³-hybridized carbons (Fsp3) is 1.00. The second kappa shape index (κ2) is 7.46. The van der Waals surface area contributed by atoms with Gasteiger partial charge in [-0.05, 0) is 32.7 Å². The lowest BCUT2D eigenvalue weighted by molar-refractivity contribution is -0.0566. The summed E-state index contributed by atoms with van der Waals surface area (Å²) < 4.78 is 5.60. The minimum atomic E-state index is 0.178. The van der Waals surface area contributed by atoms with E-state index in [1.807, 2.05) is 0 Å². The fourth-order valence-electron chi connectivity index (χ4n) is 2.53. The van der Waals surface area contributed by atoms with Crippen LogP contribution in [-0.2, 0) is 4.74 Å². The van der Waals surface area contributed by atoms with Gasteiger partial charge in [0.1, 0.15) is 0 Å². The summed E-state index contributed by atoms with van der Waals surface area (Å²) in [6, 6.07) is 0.604. The highest BCUT2D eigenvalue weighted by molar-refractivity contribution is 4.88. The van der Waals surface area contributed by atoms with Crippen molar-refractivity contribution in [3.05, 3.63) is 0 Å². The van der Waals surface area contributed by atoms with Crippen LogP contribution in [0.15, 0.2) is 0 Å². The molecule has 0 saturated carbocycles. The third-order valence-electron chi connectivity index (χ3n) is 4.22. The van der Waals surface area contributed by atoms with Crippen molar-refractivity contribution >= 4 is 0 Å². The molecule has 1 rings (SSSR count). The maximum atomic E-state index is 5.60. The van der Waals surface area contributed by atoms with Gasteiger partial charge in [-0.2, -0.15) is 0 Å². The first-order chi connectivity index (χ1) is 8.51. The average Bonchev–Trinajstić information content (AvgIpc) is 2.35. The van der Waals surface area contributed by atoms with E-state index in [1.54, 1.807) is 0 Å². The minimum Gasteiger partial charge on any atom is -0.378 e. The molecule has 18 heavy (non-hydrogen) atoms. The molecule has 1 aliphatic rings. The zero-order valence-corrected chi connectivity index (χ0v) is 13.0. The topological polar surface area (TPSA) is 24.5 Å². The maximum absolute atomic E-state index is 5.60. The van der Waals surface area contributed by atoms with Gasteiger partial charge in [0.15, 0.2) is 0 Å². The van der Waals surface area contributed by atoms with Crippen LogP contribution in [0, 0.1) is 5.92 Å². The SMILES string of the molecule is CCCNC(CN1CCOCC1(C)C)C(C)CC. The summed E-state index contributed by atoms with van der Waals surface area (Å²) >= 11 is 0. The summed E-state index contributed by atoms with van der Waals surface area (Å²) in [5.74, 6) is 0.732. The molecule has 0 aliphatic carbocycles. The molecule has 0 amide bonds. The molecule has 1 fully saturated rings. The van der Waals surface area contributed by atoms with Crippen LogP contribution in [0.5, 0.6) is 0 Å². The predicted octanol–water partition coefficient (Wildman–Crippen LogP) is 2.51. The number of hydrogen-bond donors (Lipinski definition) is 1. The molecule has 1 saturated heterocycles. The Balaban J connectivity index is 2.57. The smallest absolute Gasteiger partial charge is 0.0645 e. The molecule has 108 valence electrons. The summed E-state index contributed by atoms with van der Waals surface area (Å²) in [6.45, 7) is 16.5. The Morgan fingerprint density at radius 3 is 2.61 bits per heavy atom. The van der Waals surface area contributed by atoms with Gasteiger partial charge in [-0.3, -0.25) is 4.90 Å². The molecule has 3 nitrogen and oxygen atoms in total. The van der Waals surface area contributed by atoms with E-state index in [4.69, 9.17) is 4.74 Å². The highest BCUT2D eigenvalue weighted by Gasteiger charge is 2.32. The molecule has 0 spiro atoms. The zero-order valence-electron chi connectivity index (χ0n) is 13.0. The van der Waals surface area contributed by atoms with E-state index in [-0.39, 0.29) is 5.54 Å². The van der Waals surface area contributed by atoms with E-state index in [0.717, 1.165) is 38.8 Å². The molecule has 0 aromatic heterocycles. The van der Waals surface area contributed by atoms with Crippen LogP contribution in [0.4, 0.5) is 0 Å². The predicted molar refractivity (Wildman–Crippen MR) is 78.0 cm³/mol. The fourth-order valence-corrected chi connectivity index (χ4v) is 2.53. The molecule has 0 aromatic carbocycles. The second-order valence-electron chi connectivity index (χ2n) is 6.26. The summed E-state index contributed by atoms with van der Waals surface area (Å²) in [4.78, 5) is 2.59. The van der Waals surface area contributed by atoms with Crippen LogP contribution in [-0.4, -0.2) is 49.3 Å². The van der Waals surface area contributed by atoms with E-state index in [0.29, 0.717) is 6.04 Å². The van der Waals surface area contributed by atoms with Crippen LogP contribution in [0.1, 0.15) is 47.5 Å². The van der Waals surface area contributed by atoms with Gasteiger partial charge in [-0.15, -0.1) is 0 Å². The first kappa shape index (κ1) is 15.9. The van der Waals surface area contributed by atoms with E-state index in [2.05, 4.69) is 44.8 Å². The molecule has 3 heteroatoms. The summed E-state index contributed by atoms with van der Waals surface area (Å²) in [6.07, 6.45) is 2.45. The van der Waals surface area contributed by atoms with E-state index < -0.39 is 0 Å². The Labute approximate surface area is 113 Å². The number of rotatable bonds is 7. The number of morpholine rings is 1. The Bertz CT molecular complexity index is 231. The third kappa shape index (κ3) is 4.52. The molecular weight excluding hydrogens is 224 g/mol. The van der Waals surface area contributed by atoms with E-state index in [9.17, 15) is 0 Å². The summed E-state index contributed by atoms with van der Waals surface area (Å²) in [5, 5.41) is 3.72. The van der Waals surface area contributed by atoms with Crippen LogP contribution in [0.3, 0.4) is 0 Å². The van der Waals surface area contributed by atoms with Crippen molar-refractivity contribution < 1.29 is 4.74 Å². The van der Waals surface area contributed by atoms with Crippen molar-refractivity contribution in [3.63, 3.8) is 0 Å². The normalized spacial score (nSPS) is 23.8. The largest absolute Gasteiger partial charge is 0.378 e. The van der Waals surface area contributed by atoms with Crippen molar-refractivity contribution in [3.8, 4) is 0 Å². The summed E-state index contributed by atoms with van der Waals surface area (Å²) in [5.41, 5.74) is 0.178. The van der Waals surface area contributed by atoms with Gasteiger partial charge in [-0.1, -0.05) is 27.2 Å². The Morgan fingerprint density at radius 2 is 2.06 bits per heavy atom. The molecule has 1 N–H and O–H groups in total. The third-order valence-corrected chi connectivity index (χ3v) is 4.22. The van der Waals surface area contributed by atoms with E-state index >= 15 is 0 Å². The van der Waals surface area contributed by atoms with Crippen molar-refractivity contribution in [1.29, 1.82) is 0 Å². The first-order valence-corrected chi connectivity index (χ1v) is 7.57. The number of nitrogens with zero attached hydrogens (tertiary/aromatic N) is 1. The molecule has 0 aromatic rings. The second-order valence-corrected chi connectivity index (χ2v) is 6.26. The van der Waals surface area contributed by atoms with Gasteiger partial charge in [0.25, 0.3) is 0 Å². The van der Waals surface area contributed by atoms with Gasteiger partial charge in [0.05, 0.1) is 13.2 Å². The highest BCUT2D eigenvalue weighted by Crippen LogP contribution is 2.21. The Morgan fingerprint density at radius 1 is 1.33 bits per heavy atom. The van der Waals surface area contributed by atoms with Crippen LogP contribution < -0.4 is 5.32 Å². The zero-order chi connectivity index (χ0) is 13.6. The minimum absolute atomic E-state index is 0.178. The van der Waals surface area contributed by atoms with Gasteiger partial charge in [0, 0.05) is 24.7 Å². The average molecular weight is 256 g/mol. The van der Waals surface area contributed by atoms with Crippen molar-refractivity contribution in [1.82, 2.24) is 10.2 Å². The van der Waals surface area contributed by atoms with Crippen molar-refractivity contribution in [2.75, 3.05) is 32.8 Å². The monoisotopic (exact) mass is 256 g/mol. The molecule has 0 bridgehead atoms. The van der Waals surface area contributed by atoms with Gasteiger partial charge < -0.3 is 10.1 Å². The Kier molecular flexibility index (Phi) is 6.61. The quantitative estimate of drug-likeness (QED) is 0.757. The lowest BCUT2D eigenvalue weighted by Crippen LogP contribution is -2.57. The maximum Gasteiger partial charge on any atom is 0.0645 e. The van der Waals surface area contributed by atoms with Crippen LogP contribution in [0.2, 0.25) is 0 Å². The summed E-state index contributed by atoms with van der Waals surface area (Å²) in [7, 11) is 0. The standard InChI is InChI=1S/C15H32N2O/c1-6-8-16-14(13(3)7-2)11-17-9-10-18-12-15(17,4)5/h13-14,16H,6-12H2,1-5H3. The van der Waals surface area contributed by atoms with Crippen LogP contribution >= 0.6 is 0 Å². The number of nitrogens with one attached hydrogen (secondary N) is 1. The molecular formula is C15H32N2O. The van der Waals surface area contributed by atoms with Crippen LogP contribution in [0.25, 0.3) is 0 Å². The van der Waals surface area contributed by atoms with Crippen molar-refractivity contribution in [2.24, 2.45) is 5.92 Å². The van der Waals surface area contributed by atoms with Gasteiger partial charge in [0.2, 0.25) is 0 Å². The Hall–Kier alpha value is -0.120. The van der Waals surface area contributed by atoms with Crippen molar-refractivity contribution in [2.45, 2.75) is 59.0 Å². The molecule has 0 radical (unpaired) electrons. The molecule has 2 unspecified atom stereocenters. The lowest BCUT2D eigenvalue weighted by atomic mass is 9.95. The van der Waals surface area contributed by atoms with Gasteiger partial charge >= 0.3 is 0 Å². The molecule has 1 aliphatic heterocycles. The number of hydrogen-bond acceptors (Lipinski definition) is 3. The van der Waals surface area contributed by atoms with Gasteiger partial charge in [-0.25, -0.2) is 0 Å². The first-order valence-electron chi connectivity index (χ1n) is 7.57. The molecule has 2 atom stereocenters. The lowest BCUT2D eigenvalue weighted by Gasteiger charge is -2.44.